The van der Waals surface area contributed by atoms with Gasteiger partial charge in [0.2, 0.25) is 5.91 Å². The van der Waals surface area contributed by atoms with Crippen molar-refractivity contribution in [1.29, 1.82) is 0 Å². The lowest BCUT2D eigenvalue weighted by Crippen LogP contribution is -2.29. The third kappa shape index (κ3) is 5.87. The summed E-state index contributed by atoms with van der Waals surface area (Å²) in [6.45, 7) is 3.74. The highest BCUT2D eigenvalue weighted by atomic mass is 79.9. The first-order chi connectivity index (χ1) is 14.8. The zero-order valence-electron chi connectivity index (χ0n) is 17.1. The highest BCUT2D eigenvalue weighted by molar-refractivity contribution is 9.10. The molecular weight excluding hydrogens is 502 g/mol. The molecule has 0 radical (unpaired) electrons. The van der Waals surface area contributed by atoms with Crippen LogP contribution in [0.3, 0.4) is 0 Å². The summed E-state index contributed by atoms with van der Waals surface area (Å²) in [5, 5.41) is 15.2. The topological polar surface area (TPSA) is 88.9 Å². The van der Waals surface area contributed by atoms with E-state index in [-0.39, 0.29) is 23.6 Å². The molecule has 3 rings (SSSR count). The summed E-state index contributed by atoms with van der Waals surface area (Å²) in [7, 11) is 1.81. The monoisotopic (exact) mass is 521 g/mol. The fourth-order valence-electron chi connectivity index (χ4n) is 2.90. The Morgan fingerprint density at radius 1 is 1.23 bits per heavy atom. The van der Waals surface area contributed by atoms with Crippen LogP contribution in [-0.2, 0) is 11.8 Å². The van der Waals surface area contributed by atoms with E-state index in [1.54, 1.807) is 35.9 Å². The molecule has 0 saturated carbocycles. The van der Waals surface area contributed by atoms with Crippen molar-refractivity contribution in [2.45, 2.75) is 25.0 Å². The molecule has 0 unspecified atom stereocenters. The summed E-state index contributed by atoms with van der Waals surface area (Å²) in [6, 6.07) is 12.3. The average molecular weight is 523 g/mol. The maximum atomic E-state index is 12.6. The zero-order valence-corrected chi connectivity index (χ0v) is 20.3. The van der Waals surface area contributed by atoms with Gasteiger partial charge in [0.05, 0.1) is 16.8 Å². The molecule has 0 bridgehead atoms. The highest BCUT2D eigenvalue weighted by Gasteiger charge is 2.19. The van der Waals surface area contributed by atoms with Crippen LogP contribution in [0.4, 0.5) is 5.69 Å². The molecule has 162 valence electrons. The number of halogens is 2. The van der Waals surface area contributed by atoms with Gasteiger partial charge in [0, 0.05) is 22.8 Å². The van der Waals surface area contributed by atoms with E-state index in [9.17, 15) is 9.59 Å². The Bertz CT molecular complexity index is 1120. The van der Waals surface area contributed by atoms with Crippen LogP contribution in [-0.4, -0.2) is 32.3 Å². The lowest BCUT2D eigenvalue weighted by atomic mass is 10.1. The third-order valence-corrected chi connectivity index (χ3v) is 6.78. The second-order valence-corrected chi connectivity index (χ2v) is 9.08. The van der Waals surface area contributed by atoms with Crippen molar-refractivity contribution in [2.24, 2.45) is 7.05 Å². The molecule has 0 spiro atoms. The Hall–Kier alpha value is -2.36. The number of hydrogen-bond acceptors (Lipinski definition) is 5. The van der Waals surface area contributed by atoms with Crippen molar-refractivity contribution in [1.82, 2.24) is 20.1 Å². The van der Waals surface area contributed by atoms with Crippen molar-refractivity contribution in [3.63, 3.8) is 0 Å². The number of aryl methyl sites for hydroxylation is 1. The van der Waals surface area contributed by atoms with Crippen LogP contribution in [0.1, 0.15) is 34.7 Å². The standard InChI is InChI=1S/C21H21BrClN5O2S/c1-12-6-4-5-7-15(12)20(30)24-13(2)19-26-27-21(28(19)3)31-11-18(29)25-14-8-9-16(22)17(23)10-14/h4-10,13H,11H2,1-3H3,(H,24,30)(H,25,29)/t13-/m1/s1. The molecule has 0 aliphatic rings. The van der Waals surface area contributed by atoms with Gasteiger partial charge in [0.1, 0.15) is 0 Å². The van der Waals surface area contributed by atoms with E-state index < -0.39 is 0 Å². The number of aromatic nitrogens is 3. The molecule has 0 aliphatic carbocycles. The minimum absolute atomic E-state index is 0.156. The van der Waals surface area contributed by atoms with Crippen molar-refractivity contribution in [2.75, 3.05) is 11.1 Å². The van der Waals surface area contributed by atoms with Gasteiger partial charge in [0.15, 0.2) is 11.0 Å². The first-order valence-corrected chi connectivity index (χ1v) is 11.6. The van der Waals surface area contributed by atoms with Crippen LogP contribution < -0.4 is 10.6 Å². The van der Waals surface area contributed by atoms with Crippen LogP contribution in [0.15, 0.2) is 52.1 Å². The summed E-state index contributed by atoms with van der Waals surface area (Å²) in [5.74, 6) is 0.401. The van der Waals surface area contributed by atoms with Crippen LogP contribution >= 0.6 is 39.3 Å². The molecule has 0 fully saturated rings. The second-order valence-electron chi connectivity index (χ2n) is 6.88. The highest BCUT2D eigenvalue weighted by Crippen LogP contribution is 2.26. The molecule has 0 saturated heterocycles. The van der Waals surface area contributed by atoms with E-state index in [0.717, 1.165) is 10.0 Å². The van der Waals surface area contributed by atoms with Gasteiger partial charge in [-0.25, -0.2) is 0 Å². The number of anilines is 1. The number of hydrogen-bond donors (Lipinski definition) is 2. The number of nitrogens with one attached hydrogen (secondary N) is 2. The van der Waals surface area contributed by atoms with E-state index in [1.807, 2.05) is 32.0 Å². The van der Waals surface area contributed by atoms with Crippen molar-refractivity contribution >= 4 is 56.8 Å². The quantitative estimate of drug-likeness (QED) is 0.437. The number of amides is 2. The van der Waals surface area contributed by atoms with Crippen molar-refractivity contribution in [3.8, 4) is 0 Å². The molecule has 10 heteroatoms. The van der Waals surface area contributed by atoms with Gasteiger partial charge in [-0.2, -0.15) is 0 Å². The Balaban J connectivity index is 1.59. The van der Waals surface area contributed by atoms with Gasteiger partial charge in [-0.1, -0.05) is 41.6 Å². The molecule has 2 amide bonds. The summed E-state index contributed by atoms with van der Waals surface area (Å²) >= 11 is 10.6. The Kier molecular flexibility index (Phi) is 7.74. The van der Waals surface area contributed by atoms with Gasteiger partial charge >= 0.3 is 0 Å². The normalized spacial score (nSPS) is 11.8. The zero-order chi connectivity index (χ0) is 22.5. The van der Waals surface area contributed by atoms with E-state index in [2.05, 4.69) is 36.8 Å². The summed E-state index contributed by atoms with van der Waals surface area (Å²) in [4.78, 5) is 24.8. The lowest BCUT2D eigenvalue weighted by Gasteiger charge is -2.14. The van der Waals surface area contributed by atoms with Crippen molar-refractivity contribution in [3.05, 3.63) is 68.9 Å². The van der Waals surface area contributed by atoms with Gasteiger partial charge in [0.25, 0.3) is 5.91 Å². The van der Waals surface area contributed by atoms with Crippen LogP contribution in [0.25, 0.3) is 0 Å². The third-order valence-electron chi connectivity index (χ3n) is 4.53. The molecule has 1 atom stereocenters. The Labute approximate surface area is 198 Å². The maximum Gasteiger partial charge on any atom is 0.252 e. The summed E-state index contributed by atoms with van der Waals surface area (Å²) in [5.41, 5.74) is 2.14. The first kappa shape index (κ1) is 23.3. The summed E-state index contributed by atoms with van der Waals surface area (Å²) in [6.07, 6.45) is 0. The maximum absolute atomic E-state index is 12.6. The molecular formula is C21H21BrClN5O2S. The SMILES string of the molecule is Cc1ccccc1C(=O)N[C@H](C)c1nnc(SCC(=O)Nc2ccc(Br)c(Cl)c2)n1C. The molecule has 1 heterocycles. The predicted octanol–water partition coefficient (Wildman–Crippen LogP) is 4.76. The molecule has 31 heavy (non-hydrogen) atoms. The number of carbonyl (C=O) groups excluding carboxylic acids is 2. The molecule has 3 aromatic rings. The second kappa shape index (κ2) is 10.3. The fourth-order valence-corrected chi connectivity index (χ4v) is 4.04. The van der Waals surface area contributed by atoms with Gasteiger partial charge in [-0.3, -0.25) is 9.59 Å². The van der Waals surface area contributed by atoms with Crippen molar-refractivity contribution < 1.29 is 9.59 Å². The summed E-state index contributed by atoms with van der Waals surface area (Å²) < 4.78 is 2.54. The van der Waals surface area contributed by atoms with Gasteiger partial charge in [-0.15, -0.1) is 10.2 Å². The number of carbonyl (C=O) groups is 2. The number of benzene rings is 2. The first-order valence-electron chi connectivity index (χ1n) is 9.39. The fraction of sp³-hybridized carbons (Fsp3) is 0.238. The smallest absolute Gasteiger partial charge is 0.252 e. The molecule has 0 aliphatic heterocycles. The van der Waals surface area contributed by atoms with Crippen LogP contribution in [0, 0.1) is 6.92 Å². The molecule has 2 aromatic carbocycles. The number of rotatable bonds is 7. The largest absolute Gasteiger partial charge is 0.342 e. The van der Waals surface area contributed by atoms with Gasteiger partial charge < -0.3 is 15.2 Å². The predicted molar refractivity (Wildman–Crippen MR) is 127 cm³/mol. The van der Waals surface area contributed by atoms with E-state index in [0.29, 0.717) is 27.3 Å². The minimum Gasteiger partial charge on any atom is -0.342 e. The minimum atomic E-state index is -0.349. The average Bonchev–Trinajstić information content (AvgIpc) is 3.10. The van der Waals surface area contributed by atoms with E-state index in [1.165, 1.54) is 11.8 Å². The molecule has 7 nitrogen and oxygen atoms in total. The Morgan fingerprint density at radius 3 is 2.68 bits per heavy atom. The molecule has 2 N–H and O–H groups in total. The van der Waals surface area contributed by atoms with E-state index in [4.69, 9.17) is 11.6 Å². The van der Waals surface area contributed by atoms with Crippen LogP contribution in [0.2, 0.25) is 5.02 Å². The number of nitrogens with zero attached hydrogens (tertiary/aromatic N) is 3. The van der Waals surface area contributed by atoms with Crippen LogP contribution in [0.5, 0.6) is 0 Å². The Morgan fingerprint density at radius 2 is 1.97 bits per heavy atom. The van der Waals surface area contributed by atoms with E-state index >= 15 is 0 Å². The number of thioether (sulfide) groups is 1. The lowest BCUT2D eigenvalue weighted by molar-refractivity contribution is -0.113. The molecule has 1 aromatic heterocycles. The van der Waals surface area contributed by atoms with Gasteiger partial charge in [-0.05, 0) is 59.6 Å².